The molecule has 0 saturated carbocycles. The molecule has 3 rings (SSSR count). The molecule has 0 spiro atoms. The van der Waals surface area contributed by atoms with E-state index in [1.54, 1.807) is 36.4 Å². The van der Waals surface area contributed by atoms with Crippen LogP contribution >= 0.6 is 15.9 Å². The second kappa shape index (κ2) is 9.71. The maximum atomic E-state index is 13.0. The number of halogens is 1. The van der Waals surface area contributed by atoms with Gasteiger partial charge in [-0.1, -0.05) is 59.3 Å². The monoisotopic (exact) mass is 495 g/mol. The molecule has 8 heteroatoms. The zero-order valence-electron chi connectivity index (χ0n) is 17.9. The van der Waals surface area contributed by atoms with Crippen LogP contribution < -0.4 is 10.6 Å². The Morgan fingerprint density at radius 3 is 2.31 bits per heavy atom. The van der Waals surface area contributed by atoms with Gasteiger partial charge in [0.25, 0.3) is 0 Å². The number of nitrogens with two attached hydrogens (primary N) is 1. The van der Waals surface area contributed by atoms with Crippen LogP contribution in [0.2, 0.25) is 0 Å². The molecule has 1 atom stereocenters. The maximum Gasteiger partial charge on any atom is 0.355 e. The molecule has 0 bridgehead atoms. The quantitative estimate of drug-likeness (QED) is 0.626. The molecule has 32 heavy (non-hydrogen) atoms. The van der Waals surface area contributed by atoms with Crippen LogP contribution in [0.5, 0.6) is 0 Å². The zero-order chi connectivity index (χ0) is 23.4. The largest absolute Gasteiger partial charge is 0.466 e. The summed E-state index contributed by atoms with van der Waals surface area (Å²) in [6.45, 7) is 2.02. The maximum absolute atomic E-state index is 13.0. The summed E-state index contributed by atoms with van der Waals surface area (Å²) in [5.74, 6) is -2.39. The molecular weight excluding hydrogens is 474 g/mol. The number of carbonyl (C=O) groups excluding carboxylic acids is 2. The van der Waals surface area contributed by atoms with Crippen LogP contribution in [0.4, 0.5) is 5.69 Å². The van der Waals surface area contributed by atoms with Gasteiger partial charge in [0.1, 0.15) is 11.5 Å². The van der Waals surface area contributed by atoms with Gasteiger partial charge in [0, 0.05) is 10.2 Å². The van der Waals surface area contributed by atoms with Crippen molar-refractivity contribution >= 4 is 33.6 Å². The number of carbonyl (C=O) groups is 2. The lowest BCUT2D eigenvalue weighted by atomic mass is 9.81. The normalized spacial score (nSPS) is 16.0. The minimum absolute atomic E-state index is 0.0213. The van der Waals surface area contributed by atoms with Crippen LogP contribution in [0.3, 0.4) is 0 Å². The summed E-state index contributed by atoms with van der Waals surface area (Å²) in [5.41, 5.74) is 8.65. The van der Waals surface area contributed by atoms with Gasteiger partial charge < -0.3 is 15.2 Å². The molecule has 1 aliphatic heterocycles. The van der Waals surface area contributed by atoms with Crippen molar-refractivity contribution in [3.05, 3.63) is 86.8 Å². The van der Waals surface area contributed by atoms with Gasteiger partial charge in [-0.25, -0.2) is 9.59 Å². The third kappa shape index (κ3) is 3.99. The molecule has 0 aliphatic carbocycles. The van der Waals surface area contributed by atoms with Gasteiger partial charge in [0.15, 0.2) is 0 Å². The highest BCUT2D eigenvalue weighted by atomic mass is 79.9. The lowest BCUT2D eigenvalue weighted by Crippen LogP contribution is -2.40. The summed E-state index contributed by atoms with van der Waals surface area (Å²) in [6.07, 6.45) is 0.790. The molecule has 0 aromatic heterocycles. The van der Waals surface area contributed by atoms with Crippen LogP contribution in [0.1, 0.15) is 24.0 Å². The van der Waals surface area contributed by atoms with Crippen molar-refractivity contribution in [1.29, 1.82) is 5.26 Å². The van der Waals surface area contributed by atoms with Gasteiger partial charge in [0.2, 0.25) is 0 Å². The summed E-state index contributed by atoms with van der Waals surface area (Å²) < 4.78 is 10.9. The number of rotatable bonds is 5. The van der Waals surface area contributed by atoms with E-state index in [0.29, 0.717) is 11.3 Å². The molecular formula is C24H22BrN3O4. The summed E-state index contributed by atoms with van der Waals surface area (Å²) in [4.78, 5) is 27.4. The van der Waals surface area contributed by atoms with Crippen molar-refractivity contribution in [1.82, 2.24) is 0 Å². The highest BCUT2D eigenvalue weighted by Gasteiger charge is 2.43. The summed E-state index contributed by atoms with van der Waals surface area (Å²) in [6, 6.07) is 16.5. The third-order valence-corrected chi connectivity index (χ3v) is 6.02. The molecule has 1 aliphatic rings. The Kier molecular flexibility index (Phi) is 7.01. The van der Waals surface area contributed by atoms with Crippen molar-refractivity contribution in [2.75, 3.05) is 19.1 Å². The first kappa shape index (κ1) is 23.1. The predicted molar refractivity (Wildman–Crippen MR) is 123 cm³/mol. The number of nitrogens with zero attached hydrogens (tertiary/aromatic N) is 2. The van der Waals surface area contributed by atoms with Crippen molar-refractivity contribution in [3.8, 4) is 6.07 Å². The number of anilines is 1. The van der Waals surface area contributed by atoms with Crippen molar-refractivity contribution in [3.63, 3.8) is 0 Å². The fourth-order valence-corrected chi connectivity index (χ4v) is 4.39. The molecule has 0 saturated heterocycles. The van der Waals surface area contributed by atoms with Gasteiger partial charge in [-0.2, -0.15) is 5.26 Å². The first-order chi connectivity index (χ1) is 15.4. The van der Waals surface area contributed by atoms with E-state index in [9.17, 15) is 14.9 Å². The van der Waals surface area contributed by atoms with Crippen LogP contribution in [-0.4, -0.2) is 26.2 Å². The first-order valence-corrected chi connectivity index (χ1v) is 10.6. The summed E-state index contributed by atoms with van der Waals surface area (Å²) in [5, 5.41) is 10.0. The van der Waals surface area contributed by atoms with Crippen molar-refractivity contribution in [2.45, 2.75) is 19.3 Å². The van der Waals surface area contributed by atoms with Gasteiger partial charge in [-0.05, 0) is 29.7 Å². The molecule has 164 valence electrons. The molecule has 0 amide bonds. The molecule has 7 nitrogen and oxygen atoms in total. The second-order valence-corrected chi connectivity index (χ2v) is 7.82. The zero-order valence-corrected chi connectivity index (χ0v) is 19.5. The second-order valence-electron chi connectivity index (χ2n) is 6.96. The van der Waals surface area contributed by atoms with Crippen molar-refractivity contribution < 1.29 is 19.1 Å². The van der Waals surface area contributed by atoms with Gasteiger partial charge in [-0.3, -0.25) is 4.90 Å². The van der Waals surface area contributed by atoms with E-state index in [1.807, 2.05) is 19.1 Å². The number of aryl methyl sites for hydroxylation is 1. The van der Waals surface area contributed by atoms with E-state index >= 15 is 0 Å². The number of methoxy groups -OCH3 is 2. The van der Waals surface area contributed by atoms with Gasteiger partial charge in [-0.15, -0.1) is 0 Å². The van der Waals surface area contributed by atoms with Gasteiger partial charge in [0.05, 0.1) is 37.4 Å². The number of hydrogen-bond acceptors (Lipinski definition) is 7. The fraction of sp³-hybridized carbons (Fsp3) is 0.208. The van der Waals surface area contributed by atoms with E-state index < -0.39 is 17.9 Å². The Morgan fingerprint density at radius 1 is 1.12 bits per heavy atom. The number of hydrogen-bond donors (Lipinski definition) is 1. The third-order valence-electron chi connectivity index (χ3n) is 5.29. The van der Waals surface area contributed by atoms with E-state index in [0.717, 1.165) is 16.5 Å². The Hall–Kier alpha value is -3.57. The minimum atomic E-state index is -0.891. The molecule has 1 unspecified atom stereocenters. The average Bonchev–Trinajstić information content (AvgIpc) is 2.82. The molecule has 1 heterocycles. The number of allylic oxidation sites excluding steroid dienone is 1. The minimum Gasteiger partial charge on any atom is -0.466 e. The molecule has 0 radical (unpaired) electrons. The summed E-state index contributed by atoms with van der Waals surface area (Å²) >= 11 is 3.53. The molecule has 0 fully saturated rings. The highest BCUT2D eigenvalue weighted by molar-refractivity contribution is 9.10. The van der Waals surface area contributed by atoms with Crippen molar-refractivity contribution in [2.24, 2.45) is 5.73 Å². The first-order valence-electron chi connectivity index (χ1n) is 9.83. The Balaban J connectivity index is 2.39. The van der Waals surface area contributed by atoms with Crippen LogP contribution in [0.25, 0.3) is 0 Å². The lowest BCUT2D eigenvalue weighted by Gasteiger charge is -2.36. The highest BCUT2D eigenvalue weighted by Crippen LogP contribution is 2.43. The van der Waals surface area contributed by atoms with E-state index in [4.69, 9.17) is 15.2 Å². The predicted octanol–water partition coefficient (Wildman–Crippen LogP) is 3.91. The molecule has 2 aromatic carbocycles. The Bertz CT molecular complexity index is 1170. The summed E-state index contributed by atoms with van der Waals surface area (Å²) in [7, 11) is 2.44. The standard InChI is InChI=1S/C24H22BrN3O4/c1-4-14-10-11-16(12-18(14)25)28-21(24(30)32-3)20(23(29)31-2)19(17(13-26)22(28)27)15-8-6-5-7-9-15/h5-12,19H,4,27H2,1-3H3. The topological polar surface area (TPSA) is 106 Å². The SMILES string of the molecule is CCc1ccc(N2C(N)=C(C#N)C(c3ccccc3)C(C(=O)OC)=C2C(=O)OC)cc1Br. The van der Waals surface area contributed by atoms with Crippen LogP contribution in [0, 0.1) is 11.3 Å². The average molecular weight is 496 g/mol. The number of esters is 2. The van der Waals surface area contributed by atoms with E-state index in [-0.39, 0.29) is 22.7 Å². The molecule has 2 N–H and O–H groups in total. The number of benzene rings is 2. The van der Waals surface area contributed by atoms with E-state index in [1.165, 1.54) is 19.1 Å². The Morgan fingerprint density at radius 2 is 1.78 bits per heavy atom. The van der Waals surface area contributed by atoms with Gasteiger partial charge >= 0.3 is 11.9 Å². The Labute approximate surface area is 194 Å². The number of nitriles is 1. The lowest BCUT2D eigenvalue weighted by molar-refractivity contribution is -0.139. The fourth-order valence-electron chi connectivity index (χ4n) is 3.74. The molecule has 2 aromatic rings. The van der Waals surface area contributed by atoms with Crippen LogP contribution in [-0.2, 0) is 25.5 Å². The number of ether oxygens (including phenoxy) is 2. The van der Waals surface area contributed by atoms with Crippen LogP contribution in [0.15, 0.2) is 75.7 Å². The smallest absolute Gasteiger partial charge is 0.355 e. The van der Waals surface area contributed by atoms with E-state index in [2.05, 4.69) is 22.0 Å².